The van der Waals surface area contributed by atoms with Crippen LogP contribution in [0.2, 0.25) is 0 Å². The molecule has 108 valence electrons. The molecule has 0 aromatic carbocycles. The van der Waals surface area contributed by atoms with Crippen LogP contribution in [0.1, 0.15) is 45.4 Å². The zero-order valence-corrected chi connectivity index (χ0v) is 11.2. The van der Waals surface area contributed by atoms with Crippen LogP contribution in [0.4, 0.5) is 4.79 Å². The molecule has 0 aromatic heterocycles. The minimum atomic E-state index is -0.979. The number of carboxylic acid groups (broad SMARTS) is 1. The number of nitrogens with one attached hydrogen (secondary N) is 2. The van der Waals surface area contributed by atoms with Gasteiger partial charge >= 0.3 is 12.0 Å². The summed E-state index contributed by atoms with van der Waals surface area (Å²) in [4.78, 5) is 22.9. The third-order valence-corrected chi connectivity index (χ3v) is 3.87. The van der Waals surface area contributed by atoms with E-state index in [1.54, 1.807) is 0 Å². The van der Waals surface area contributed by atoms with Gasteiger partial charge in [-0.05, 0) is 25.7 Å². The Morgan fingerprint density at radius 2 is 2.21 bits per heavy atom. The molecule has 4 unspecified atom stereocenters. The Morgan fingerprint density at radius 3 is 2.74 bits per heavy atom. The lowest BCUT2D eigenvalue weighted by Gasteiger charge is -2.22. The molecule has 4 atom stereocenters. The van der Waals surface area contributed by atoms with Crippen molar-refractivity contribution in [2.24, 2.45) is 0 Å². The Labute approximate surface area is 112 Å². The second-order valence-corrected chi connectivity index (χ2v) is 5.37. The van der Waals surface area contributed by atoms with Crippen LogP contribution >= 0.6 is 0 Å². The Bertz CT molecular complexity index is 348. The van der Waals surface area contributed by atoms with E-state index in [9.17, 15) is 9.59 Å². The number of ether oxygens (including phenoxy) is 1. The molecule has 0 aliphatic carbocycles. The molecule has 2 rings (SSSR count). The number of amides is 2. The predicted octanol–water partition coefficient (Wildman–Crippen LogP) is 1.25. The maximum atomic E-state index is 11.8. The summed E-state index contributed by atoms with van der Waals surface area (Å²) >= 11 is 0. The van der Waals surface area contributed by atoms with Crippen molar-refractivity contribution in [1.82, 2.24) is 10.6 Å². The molecule has 2 fully saturated rings. The lowest BCUT2D eigenvalue weighted by molar-refractivity contribution is -0.139. The normalized spacial score (nSPS) is 30.1. The number of urea groups is 1. The van der Waals surface area contributed by atoms with Crippen LogP contribution in [0.25, 0.3) is 0 Å². The average Bonchev–Trinajstić information content (AvgIpc) is 2.96. The Morgan fingerprint density at radius 1 is 1.42 bits per heavy atom. The second-order valence-electron chi connectivity index (χ2n) is 5.37. The van der Waals surface area contributed by atoms with Gasteiger partial charge in [0.15, 0.2) is 0 Å². The molecule has 2 aliphatic heterocycles. The topological polar surface area (TPSA) is 87.7 Å². The van der Waals surface area contributed by atoms with Gasteiger partial charge < -0.3 is 20.5 Å². The fourth-order valence-electron chi connectivity index (χ4n) is 2.82. The van der Waals surface area contributed by atoms with E-state index in [0.717, 1.165) is 32.1 Å². The minimum absolute atomic E-state index is 0.0272. The van der Waals surface area contributed by atoms with Crippen LogP contribution < -0.4 is 10.6 Å². The van der Waals surface area contributed by atoms with Crippen molar-refractivity contribution in [1.29, 1.82) is 0 Å². The molecule has 19 heavy (non-hydrogen) atoms. The summed E-state index contributed by atoms with van der Waals surface area (Å²) in [6.07, 6.45) is 5.42. The van der Waals surface area contributed by atoms with Gasteiger partial charge in [-0.15, -0.1) is 0 Å². The fourth-order valence-corrected chi connectivity index (χ4v) is 2.82. The number of rotatable bonds is 6. The summed E-state index contributed by atoms with van der Waals surface area (Å²) in [6, 6.07) is -1.18. The average molecular weight is 270 g/mol. The smallest absolute Gasteiger partial charge is 0.326 e. The van der Waals surface area contributed by atoms with Crippen LogP contribution in [0.15, 0.2) is 0 Å². The molecular weight excluding hydrogens is 248 g/mol. The summed E-state index contributed by atoms with van der Waals surface area (Å²) in [6.45, 7) is 1.99. The Balaban J connectivity index is 1.77. The first-order valence-corrected chi connectivity index (χ1v) is 7.05. The zero-order valence-electron chi connectivity index (χ0n) is 11.2. The van der Waals surface area contributed by atoms with E-state index in [4.69, 9.17) is 9.84 Å². The van der Waals surface area contributed by atoms with E-state index >= 15 is 0 Å². The minimum Gasteiger partial charge on any atom is -0.480 e. The molecule has 2 bridgehead atoms. The van der Waals surface area contributed by atoms with E-state index in [1.807, 2.05) is 6.92 Å². The molecule has 0 saturated carbocycles. The van der Waals surface area contributed by atoms with Crippen LogP contribution in [0.5, 0.6) is 0 Å². The molecule has 3 N–H and O–H groups in total. The zero-order chi connectivity index (χ0) is 13.8. The van der Waals surface area contributed by atoms with Crippen LogP contribution in [-0.4, -0.2) is 41.4 Å². The maximum Gasteiger partial charge on any atom is 0.326 e. The van der Waals surface area contributed by atoms with E-state index in [0.29, 0.717) is 6.42 Å². The number of hydrogen-bond acceptors (Lipinski definition) is 3. The number of carboxylic acids is 1. The maximum absolute atomic E-state index is 11.8. The lowest BCUT2D eigenvalue weighted by Crippen LogP contribution is -2.51. The van der Waals surface area contributed by atoms with E-state index in [1.165, 1.54) is 0 Å². The SMILES string of the molecule is CCCCC(NC(=O)NC1CC2CCC1O2)C(=O)O. The van der Waals surface area contributed by atoms with Gasteiger partial charge in [-0.2, -0.15) is 0 Å². The monoisotopic (exact) mass is 270 g/mol. The first kappa shape index (κ1) is 14.1. The van der Waals surface area contributed by atoms with Gasteiger partial charge in [-0.25, -0.2) is 9.59 Å². The van der Waals surface area contributed by atoms with Crippen molar-refractivity contribution in [3.8, 4) is 0 Å². The Hall–Kier alpha value is -1.30. The van der Waals surface area contributed by atoms with Gasteiger partial charge in [0.2, 0.25) is 0 Å². The number of unbranched alkanes of at least 4 members (excludes halogenated alkanes) is 1. The molecule has 0 aromatic rings. The number of fused-ring (bicyclic) bond motifs is 2. The lowest BCUT2D eigenvalue weighted by atomic mass is 9.96. The van der Waals surface area contributed by atoms with Crippen molar-refractivity contribution in [2.75, 3.05) is 0 Å². The van der Waals surface area contributed by atoms with Gasteiger partial charge in [0, 0.05) is 0 Å². The largest absolute Gasteiger partial charge is 0.480 e. The molecule has 0 radical (unpaired) electrons. The summed E-state index contributed by atoms with van der Waals surface area (Å²) in [5.41, 5.74) is 0. The van der Waals surface area contributed by atoms with Gasteiger partial charge in [-0.1, -0.05) is 19.8 Å². The quantitative estimate of drug-likeness (QED) is 0.678. The van der Waals surface area contributed by atoms with Gasteiger partial charge in [0.05, 0.1) is 18.2 Å². The van der Waals surface area contributed by atoms with Gasteiger partial charge in [0.25, 0.3) is 0 Å². The molecule has 2 amide bonds. The highest BCUT2D eigenvalue weighted by molar-refractivity contribution is 5.82. The number of aliphatic carboxylic acids is 1. The van der Waals surface area contributed by atoms with Crippen LogP contribution in [0.3, 0.4) is 0 Å². The first-order chi connectivity index (χ1) is 9.10. The number of carbonyl (C=O) groups excluding carboxylic acids is 1. The number of carbonyl (C=O) groups is 2. The summed E-state index contributed by atoms with van der Waals surface area (Å²) < 4.78 is 5.64. The molecule has 6 nitrogen and oxygen atoms in total. The predicted molar refractivity (Wildman–Crippen MR) is 68.9 cm³/mol. The highest BCUT2D eigenvalue weighted by Crippen LogP contribution is 2.34. The van der Waals surface area contributed by atoms with E-state index in [-0.39, 0.29) is 18.2 Å². The molecular formula is C13H22N2O4. The molecule has 0 spiro atoms. The third-order valence-electron chi connectivity index (χ3n) is 3.87. The van der Waals surface area contributed by atoms with Crippen molar-refractivity contribution < 1.29 is 19.4 Å². The van der Waals surface area contributed by atoms with Crippen molar-refractivity contribution in [2.45, 2.75) is 69.7 Å². The molecule has 6 heteroatoms. The van der Waals surface area contributed by atoms with Crippen molar-refractivity contribution in [3.05, 3.63) is 0 Å². The molecule has 2 aliphatic rings. The Kier molecular flexibility index (Phi) is 4.63. The standard InChI is InChI=1S/C13H22N2O4/c1-2-3-4-9(12(16)17)14-13(18)15-10-7-8-5-6-11(10)19-8/h8-11H,2-7H2,1H3,(H,16,17)(H2,14,15,18). The van der Waals surface area contributed by atoms with Crippen LogP contribution in [0, 0.1) is 0 Å². The van der Waals surface area contributed by atoms with Crippen molar-refractivity contribution >= 4 is 12.0 Å². The summed E-state index contributed by atoms with van der Waals surface area (Å²) in [5, 5.41) is 14.4. The fraction of sp³-hybridized carbons (Fsp3) is 0.846. The van der Waals surface area contributed by atoms with Gasteiger partial charge in [0.1, 0.15) is 6.04 Å². The third kappa shape index (κ3) is 3.59. The first-order valence-electron chi connectivity index (χ1n) is 7.05. The number of hydrogen-bond donors (Lipinski definition) is 3. The van der Waals surface area contributed by atoms with Gasteiger partial charge in [-0.3, -0.25) is 0 Å². The highest BCUT2D eigenvalue weighted by Gasteiger charge is 2.41. The van der Waals surface area contributed by atoms with Crippen molar-refractivity contribution in [3.63, 3.8) is 0 Å². The second kappa shape index (κ2) is 6.23. The summed E-state index contributed by atoms with van der Waals surface area (Å²) in [7, 11) is 0. The van der Waals surface area contributed by atoms with Crippen LogP contribution in [-0.2, 0) is 9.53 Å². The highest BCUT2D eigenvalue weighted by atomic mass is 16.5. The van der Waals surface area contributed by atoms with E-state index < -0.39 is 18.0 Å². The van der Waals surface area contributed by atoms with E-state index in [2.05, 4.69) is 10.6 Å². The summed E-state index contributed by atoms with van der Waals surface area (Å²) in [5.74, 6) is -0.979. The molecule has 2 saturated heterocycles. The molecule has 2 heterocycles.